The van der Waals surface area contributed by atoms with Crippen LogP contribution in [0, 0.1) is 0 Å². The van der Waals surface area contributed by atoms with Crippen LogP contribution in [-0.4, -0.2) is 54.5 Å². The second kappa shape index (κ2) is 4.70. The molecule has 6 nitrogen and oxygen atoms in total. The second-order valence-electron chi connectivity index (χ2n) is 3.03. The molecule has 4 atom stereocenters. The average Bonchev–Trinajstić information content (AvgIpc) is 2.43. The molecule has 0 aromatic heterocycles. The predicted molar refractivity (Wildman–Crippen MR) is 44.3 cm³/mol. The Morgan fingerprint density at radius 1 is 1.57 bits per heavy atom. The number of carbonyl (C=O) groups is 1. The summed E-state index contributed by atoms with van der Waals surface area (Å²) in [5.74, 6) is -0.529. The summed E-state index contributed by atoms with van der Waals surface area (Å²) < 4.78 is 14.8. The molecule has 0 spiro atoms. The van der Waals surface area contributed by atoms with Crippen LogP contribution in [-0.2, 0) is 19.0 Å². The van der Waals surface area contributed by atoms with Crippen molar-refractivity contribution in [3.8, 4) is 0 Å². The number of ether oxygens (including phenoxy) is 3. The Balaban J connectivity index is 2.64. The topological polar surface area (TPSA) is 85.2 Å². The number of carbonyl (C=O) groups excluding carboxylic acids is 1. The molecule has 1 fully saturated rings. The van der Waals surface area contributed by atoms with Crippen LogP contribution in [0.25, 0.3) is 0 Å². The van der Waals surface area contributed by atoms with Crippen LogP contribution in [0.15, 0.2) is 0 Å². The lowest BCUT2D eigenvalue weighted by atomic mass is 10.1. The molecule has 0 radical (unpaired) electrons. The third kappa shape index (κ3) is 2.21. The molecule has 0 saturated carbocycles. The maximum absolute atomic E-state index is 10.7. The predicted octanol–water partition coefficient (Wildman–Crippen LogP) is -1.36. The fraction of sp³-hybridized carbons (Fsp3) is 0.875. The lowest BCUT2D eigenvalue weighted by Gasteiger charge is -2.18. The molecular formula is C8H14O6. The Bertz CT molecular complexity index is 204. The van der Waals surface area contributed by atoms with Crippen LogP contribution in [0.3, 0.4) is 0 Å². The molecule has 2 N–H and O–H groups in total. The zero-order valence-electron chi connectivity index (χ0n) is 8.04. The summed E-state index contributed by atoms with van der Waals surface area (Å²) in [6.45, 7) is 0.879. The van der Waals surface area contributed by atoms with E-state index in [0.29, 0.717) is 0 Å². The van der Waals surface area contributed by atoms with Crippen LogP contribution in [0.1, 0.15) is 6.92 Å². The van der Waals surface area contributed by atoms with Crippen molar-refractivity contribution in [2.24, 2.45) is 0 Å². The van der Waals surface area contributed by atoms with Gasteiger partial charge in [0.15, 0.2) is 12.4 Å². The van der Waals surface area contributed by atoms with Gasteiger partial charge in [0.25, 0.3) is 0 Å². The second-order valence-corrected chi connectivity index (χ2v) is 3.03. The highest BCUT2D eigenvalue weighted by Crippen LogP contribution is 2.24. The Labute approximate surface area is 81.4 Å². The average molecular weight is 206 g/mol. The number of hydrogen-bond acceptors (Lipinski definition) is 6. The first kappa shape index (κ1) is 11.4. The molecule has 0 aromatic rings. The molecule has 1 aliphatic heterocycles. The molecule has 0 amide bonds. The molecule has 1 unspecified atom stereocenters. The quantitative estimate of drug-likeness (QED) is 0.555. The van der Waals surface area contributed by atoms with Crippen molar-refractivity contribution in [2.45, 2.75) is 31.5 Å². The van der Waals surface area contributed by atoms with Crippen molar-refractivity contribution in [3.05, 3.63) is 0 Å². The van der Waals surface area contributed by atoms with Crippen LogP contribution in [0.2, 0.25) is 0 Å². The largest absolute Gasteiger partial charge is 0.454 e. The molecule has 0 aliphatic carbocycles. The van der Waals surface area contributed by atoms with Gasteiger partial charge in [-0.15, -0.1) is 0 Å². The van der Waals surface area contributed by atoms with Crippen LogP contribution >= 0.6 is 0 Å². The molecule has 14 heavy (non-hydrogen) atoms. The van der Waals surface area contributed by atoms with E-state index >= 15 is 0 Å². The summed E-state index contributed by atoms with van der Waals surface area (Å²) in [6, 6.07) is 0. The smallest absolute Gasteiger partial charge is 0.303 e. The molecule has 82 valence electrons. The van der Waals surface area contributed by atoms with Crippen LogP contribution < -0.4 is 0 Å². The lowest BCUT2D eigenvalue weighted by Crippen LogP contribution is -2.38. The summed E-state index contributed by atoms with van der Waals surface area (Å²) in [6.07, 6.45) is -3.54. The number of aliphatic hydroxyl groups excluding tert-OH is 2. The van der Waals surface area contributed by atoms with Crippen LogP contribution in [0.5, 0.6) is 0 Å². The third-order valence-electron chi connectivity index (χ3n) is 2.01. The maximum atomic E-state index is 10.7. The van der Waals surface area contributed by atoms with Crippen molar-refractivity contribution < 1.29 is 29.2 Å². The lowest BCUT2D eigenvalue weighted by molar-refractivity contribution is -0.179. The molecular weight excluding hydrogens is 192 g/mol. The number of hydrogen-bond donors (Lipinski definition) is 2. The van der Waals surface area contributed by atoms with Gasteiger partial charge < -0.3 is 24.4 Å². The van der Waals surface area contributed by atoms with E-state index in [0.717, 1.165) is 0 Å². The molecule has 1 aliphatic rings. The van der Waals surface area contributed by atoms with Gasteiger partial charge in [0.2, 0.25) is 0 Å². The minimum Gasteiger partial charge on any atom is -0.454 e. The number of methoxy groups -OCH3 is 1. The zero-order chi connectivity index (χ0) is 10.7. The van der Waals surface area contributed by atoms with Crippen molar-refractivity contribution in [1.29, 1.82) is 0 Å². The van der Waals surface area contributed by atoms with Crippen molar-refractivity contribution in [2.75, 3.05) is 13.7 Å². The van der Waals surface area contributed by atoms with Gasteiger partial charge in [0.05, 0.1) is 6.61 Å². The minimum atomic E-state index is -1.06. The van der Waals surface area contributed by atoms with Crippen molar-refractivity contribution in [3.63, 3.8) is 0 Å². The van der Waals surface area contributed by atoms with Gasteiger partial charge in [0, 0.05) is 14.0 Å². The van der Waals surface area contributed by atoms with Gasteiger partial charge in [-0.05, 0) is 0 Å². The van der Waals surface area contributed by atoms with Gasteiger partial charge in [-0.1, -0.05) is 0 Å². The van der Waals surface area contributed by atoms with Gasteiger partial charge in [-0.2, -0.15) is 0 Å². The first-order valence-electron chi connectivity index (χ1n) is 4.24. The first-order valence-corrected chi connectivity index (χ1v) is 4.24. The summed E-state index contributed by atoms with van der Waals surface area (Å²) in [5.41, 5.74) is 0. The van der Waals surface area contributed by atoms with Crippen molar-refractivity contribution in [1.82, 2.24) is 0 Å². The van der Waals surface area contributed by atoms with E-state index in [1.165, 1.54) is 14.0 Å². The molecule has 1 rings (SSSR count). The number of esters is 1. The first-order chi connectivity index (χ1) is 6.60. The Morgan fingerprint density at radius 2 is 2.21 bits per heavy atom. The standard InChI is InChI=1S/C8H14O6/c1-4(10)13-7-6(11)5(3-9)14-8(7)12-2/h5-9,11H,3H2,1-2H3/t5-,6-,7-,8?/m1/s1. The molecule has 1 heterocycles. The molecule has 0 aromatic carbocycles. The van der Waals surface area contributed by atoms with E-state index in [9.17, 15) is 9.90 Å². The monoisotopic (exact) mass is 206 g/mol. The van der Waals surface area contributed by atoms with Gasteiger partial charge in [0.1, 0.15) is 12.2 Å². The van der Waals surface area contributed by atoms with Gasteiger partial charge in [-0.3, -0.25) is 4.79 Å². The fourth-order valence-electron chi connectivity index (χ4n) is 1.36. The van der Waals surface area contributed by atoms with E-state index in [1.807, 2.05) is 0 Å². The third-order valence-corrected chi connectivity index (χ3v) is 2.01. The van der Waals surface area contributed by atoms with E-state index in [-0.39, 0.29) is 6.61 Å². The van der Waals surface area contributed by atoms with Crippen LogP contribution in [0.4, 0.5) is 0 Å². The molecule has 0 bridgehead atoms. The highest BCUT2D eigenvalue weighted by atomic mass is 16.7. The Morgan fingerprint density at radius 3 is 2.64 bits per heavy atom. The van der Waals surface area contributed by atoms with E-state index in [1.54, 1.807) is 0 Å². The summed E-state index contributed by atoms with van der Waals surface area (Å²) in [5, 5.41) is 18.4. The SMILES string of the molecule is COC1O[C@H](CO)[C@@H](O)[C@H]1OC(C)=O. The molecule has 6 heteroatoms. The van der Waals surface area contributed by atoms with E-state index in [2.05, 4.69) is 0 Å². The van der Waals surface area contributed by atoms with E-state index in [4.69, 9.17) is 19.3 Å². The summed E-state index contributed by atoms with van der Waals surface area (Å²) in [7, 11) is 1.37. The highest BCUT2D eigenvalue weighted by molar-refractivity contribution is 5.66. The maximum Gasteiger partial charge on any atom is 0.303 e. The van der Waals surface area contributed by atoms with Crippen molar-refractivity contribution >= 4 is 5.97 Å². The van der Waals surface area contributed by atoms with Gasteiger partial charge in [-0.25, -0.2) is 0 Å². The normalized spacial score (nSPS) is 37.1. The summed E-state index contributed by atoms with van der Waals surface area (Å²) >= 11 is 0. The molecule has 1 saturated heterocycles. The number of aliphatic hydroxyl groups is 2. The minimum absolute atomic E-state index is 0.348. The number of rotatable bonds is 3. The highest BCUT2D eigenvalue weighted by Gasteiger charge is 2.45. The fourth-order valence-corrected chi connectivity index (χ4v) is 1.36. The zero-order valence-corrected chi connectivity index (χ0v) is 8.04. The van der Waals surface area contributed by atoms with Gasteiger partial charge >= 0.3 is 5.97 Å². The van der Waals surface area contributed by atoms with E-state index < -0.39 is 30.6 Å². The Kier molecular flexibility index (Phi) is 3.82. The summed E-state index contributed by atoms with van der Waals surface area (Å²) in [4.78, 5) is 10.7. The Hall–Kier alpha value is -0.690.